The highest BCUT2D eigenvalue weighted by Gasteiger charge is 2.42. The van der Waals surface area contributed by atoms with Crippen molar-refractivity contribution in [2.24, 2.45) is 5.92 Å². The van der Waals surface area contributed by atoms with Gasteiger partial charge in [0.05, 0.1) is 0 Å². The first-order valence-corrected chi connectivity index (χ1v) is 5.97. The summed E-state index contributed by atoms with van der Waals surface area (Å²) in [6, 6.07) is -0.209. The van der Waals surface area contributed by atoms with Crippen LogP contribution in [-0.2, 0) is 4.74 Å². The number of hydrogen-bond acceptors (Lipinski definition) is 2. The van der Waals surface area contributed by atoms with Crippen molar-refractivity contribution in [2.75, 3.05) is 0 Å². The molecule has 0 aromatic heterocycles. The van der Waals surface area contributed by atoms with E-state index in [9.17, 15) is 13.6 Å². The van der Waals surface area contributed by atoms with Crippen molar-refractivity contribution in [3.63, 3.8) is 0 Å². The van der Waals surface area contributed by atoms with Crippen LogP contribution in [0.15, 0.2) is 0 Å². The zero-order chi connectivity index (χ0) is 13.3. The summed E-state index contributed by atoms with van der Waals surface area (Å²) in [5.74, 6) is -3.30. The van der Waals surface area contributed by atoms with Crippen LogP contribution < -0.4 is 5.32 Å². The van der Waals surface area contributed by atoms with Crippen LogP contribution in [0.2, 0.25) is 0 Å². The van der Waals surface area contributed by atoms with E-state index in [1.807, 2.05) is 0 Å². The first-order chi connectivity index (χ1) is 7.60. The average molecular weight is 249 g/mol. The zero-order valence-electron chi connectivity index (χ0n) is 10.8. The highest BCUT2D eigenvalue weighted by Crippen LogP contribution is 2.38. The summed E-state index contributed by atoms with van der Waals surface area (Å²) in [7, 11) is 0. The lowest BCUT2D eigenvalue weighted by Gasteiger charge is -2.34. The van der Waals surface area contributed by atoms with Crippen LogP contribution in [0.1, 0.15) is 47.0 Å². The maximum atomic E-state index is 13.2. The summed E-state index contributed by atoms with van der Waals surface area (Å²) >= 11 is 0. The van der Waals surface area contributed by atoms with Crippen LogP contribution in [0.25, 0.3) is 0 Å². The van der Waals surface area contributed by atoms with Gasteiger partial charge in [0, 0.05) is 18.4 Å². The zero-order valence-corrected chi connectivity index (χ0v) is 10.8. The Balaban J connectivity index is 2.42. The largest absolute Gasteiger partial charge is 0.444 e. The molecule has 0 aliphatic heterocycles. The minimum Gasteiger partial charge on any atom is -0.444 e. The molecule has 0 radical (unpaired) electrons. The Morgan fingerprint density at radius 2 is 2.00 bits per heavy atom. The summed E-state index contributed by atoms with van der Waals surface area (Å²) in [6.45, 7) is 6.82. The van der Waals surface area contributed by atoms with E-state index < -0.39 is 23.5 Å². The molecule has 1 rings (SSSR count). The topological polar surface area (TPSA) is 38.3 Å². The predicted molar refractivity (Wildman–Crippen MR) is 61.1 cm³/mol. The molecule has 1 saturated carbocycles. The minimum atomic E-state index is -2.61. The van der Waals surface area contributed by atoms with Crippen molar-refractivity contribution >= 4 is 6.09 Å². The van der Waals surface area contributed by atoms with Crippen molar-refractivity contribution in [1.29, 1.82) is 0 Å². The van der Waals surface area contributed by atoms with Gasteiger partial charge in [-0.25, -0.2) is 13.6 Å². The highest BCUT2D eigenvalue weighted by atomic mass is 19.3. The molecule has 0 aromatic rings. The molecule has 1 N–H and O–H groups in total. The monoisotopic (exact) mass is 249 g/mol. The fourth-order valence-corrected chi connectivity index (χ4v) is 1.94. The van der Waals surface area contributed by atoms with Crippen LogP contribution >= 0.6 is 0 Å². The van der Waals surface area contributed by atoms with Crippen LogP contribution in [0.4, 0.5) is 13.6 Å². The van der Waals surface area contributed by atoms with E-state index in [-0.39, 0.29) is 12.5 Å². The molecule has 2 atom stereocenters. The van der Waals surface area contributed by atoms with Crippen molar-refractivity contribution in [3.8, 4) is 0 Å². The molecule has 0 aromatic carbocycles. The fraction of sp³-hybridized carbons (Fsp3) is 0.917. The van der Waals surface area contributed by atoms with E-state index >= 15 is 0 Å². The first kappa shape index (κ1) is 14.2. The maximum Gasteiger partial charge on any atom is 0.407 e. The Bertz CT molecular complexity index is 287. The molecule has 0 spiro atoms. The van der Waals surface area contributed by atoms with E-state index in [1.54, 1.807) is 20.8 Å². The molecule has 2 unspecified atom stereocenters. The van der Waals surface area contributed by atoms with Gasteiger partial charge in [-0.2, -0.15) is 0 Å². The Labute approximate surface area is 101 Å². The van der Waals surface area contributed by atoms with Gasteiger partial charge in [-0.05, 0) is 33.6 Å². The second kappa shape index (κ2) is 4.78. The number of nitrogens with one attached hydrogen (secondary N) is 1. The third-order valence-corrected chi connectivity index (χ3v) is 2.91. The Kier molecular flexibility index (Phi) is 3.99. The molecule has 17 heavy (non-hydrogen) atoms. The van der Waals surface area contributed by atoms with Gasteiger partial charge in [0.1, 0.15) is 5.60 Å². The van der Waals surface area contributed by atoms with Gasteiger partial charge in [0.2, 0.25) is 0 Å². The van der Waals surface area contributed by atoms with Gasteiger partial charge >= 0.3 is 6.09 Å². The first-order valence-electron chi connectivity index (χ1n) is 5.97. The predicted octanol–water partition coefficient (Wildman–Crippen LogP) is 3.34. The molecule has 0 bridgehead atoms. The van der Waals surface area contributed by atoms with Crippen LogP contribution in [0.5, 0.6) is 0 Å². The minimum absolute atomic E-state index is 0.172. The smallest absolute Gasteiger partial charge is 0.407 e. The van der Waals surface area contributed by atoms with Gasteiger partial charge in [0.15, 0.2) is 0 Å². The molecular weight excluding hydrogens is 228 g/mol. The molecule has 1 amide bonds. The molecule has 0 saturated heterocycles. The molecule has 1 aliphatic carbocycles. The summed E-state index contributed by atoms with van der Waals surface area (Å²) in [4.78, 5) is 11.5. The number of hydrogen-bond donors (Lipinski definition) is 1. The molecule has 5 heteroatoms. The van der Waals surface area contributed by atoms with Gasteiger partial charge in [-0.15, -0.1) is 0 Å². The van der Waals surface area contributed by atoms with E-state index in [2.05, 4.69) is 5.32 Å². The van der Waals surface area contributed by atoms with Crippen LogP contribution in [0, 0.1) is 5.92 Å². The molecule has 1 fully saturated rings. The lowest BCUT2D eigenvalue weighted by molar-refractivity contribution is -0.0852. The van der Waals surface area contributed by atoms with Gasteiger partial charge in [-0.1, -0.05) is 6.92 Å². The molecule has 0 heterocycles. The number of alkyl halides is 2. The Morgan fingerprint density at radius 3 is 2.47 bits per heavy atom. The lowest BCUT2D eigenvalue weighted by Crippen LogP contribution is -2.45. The molecule has 100 valence electrons. The van der Waals surface area contributed by atoms with Gasteiger partial charge < -0.3 is 10.1 Å². The van der Waals surface area contributed by atoms with Crippen molar-refractivity contribution < 1.29 is 18.3 Å². The molecule has 1 aliphatic rings. The Morgan fingerprint density at radius 1 is 1.41 bits per heavy atom. The van der Waals surface area contributed by atoms with Gasteiger partial charge in [-0.3, -0.25) is 0 Å². The van der Waals surface area contributed by atoms with Crippen molar-refractivity contribution in [2.45, 2.75) is 64.5 Å². The summed E-state index contributed by atoms with van der Waals surface area (Å²) in [6.07, 6.45) is -0.0998. The van der Waals surface area contributed by atoms with Crippen molar-refractivity contribution in [3.05, 3.63) is 0 Å². The fourth-order valence-electron chi connectivity index (χ4n) is 1.94. The van der Waals surface area contributed by atoms with Crippen LogP contribution in [0.3, 0.4) is 0 Å². The number of ether oxygens (including phenoxy) is 1. The van der Waals surface area contributed by atoms with E-state index in [0.717, 1.165) is 0 Å². The summed E-state index contributed by atoms with van der Waals surface area (Å²) in [5, 5.41) is 2.65. The number of amides is 1. The van der Waals surface area contributed by atoms with Crippen molar-refractivity contribution in [1.82, 2.24) is 5.32 Å². The number of carbonyl (C=O) groups is 1. The molecule has 3 nitrogen and oxygen atoms in total. The normalized spacial score (nSPS) is 28.6. The number of rotatable bonds is 1. The SMILES string of the molecule is CC1CC(NC(=O)OC(C)(C)C)CCC1(F)F. The third kappa shape index (κ3) is 4.48. The summed E-state index contributed by atoms with van der Waals surface area (Å²) < 4.78 is 31.6. The summed E-state index contributed by atoms with van der Waals surface area (Å²) in [5.41, 5.74) is -0.561. The van der Waals surface area contributed by atoms with Crippen LogP contribution in [-0.4, -0.2) is 23.7 Å². The second-order valence-electron chi connectivity index (χ2n) is 5.78. The maximum absolute atomic E-state index is 13.2. The lowest BCUT2D eigenvalue weighted by atomic mass is 9.84. The van der Waals surface area contributed by atoms with E-state index in [0.29, 0.717) is 12.8 Å². The highest BCUT2D eigenvalue weighted by molar-refractivity contribution is 5.68. The number of halogens is 2. The number of carbonyl (C=O) groups excluding carboxylic acids is 1. The van der Waals surface area contributed by atoms with E-state index in [1.165, 1.54) is 6.92 Å². The average Bonchev–Trinajstić information content (AvgIpc) is 2.08. The third-order valence-electron chi connectivity index (χ3n) is 2.91. The molecular formula is C12H21F2NO2. The quantitative estimate of drug-likeness (QED) is 0.774. The van der Waals surface area contributed by atoms with E-state index in [4.69, 9.17) is 4.74 Å². The number of alkyl carbamates (subject to hydrolysis) is 1. The standard InChI is InChI=1S/C12H21F2NO2/c1-8-7-9(5-6-12(8,13)14)15-10(16)17-11(2,3)4/h8-9H,5-7H2,1-4H3,(H,15,16). The Hall–Kier alpha value is -0.870. The second-order valence-corrected chi connectivity index (χ2v) is 5.78. The van der Waals surface area contributed by atoms with Gasteiger partial charge in [0.25, 0.3) is 5.92 Å².